The van der Waals surface area contributed by atoms with Gasteiger partial charge >= 0.3 is 5.97 Å². The first-order chi connectivity index (χ1) is 13.2. The van der Waals surface area contributed by atoms with Crippen LogP contribution in [0.15, 0.2) is 42.5 Å². The van der Waals surface area contributed by atoms with Crippen molar-refractivity contribution in [1.29, 1.82) is 0 Å². The molecular formula is C22H26O5. The van der Waals surface area contributed by atoms with E-state index in [0.717, 1.165) is 36.7 Å². The van der Waals surface area contributed by atoms with Crippen LogP contribution in [-0.4, -0.2) is 33.6 Å². The highest BCUT2D eigenvalue weighted by molar-refractivity contribution is 5.92. The summed E-state index contributed by atoms with van der Waals surface area (Å²) >= 11 is 0. The zero-order valence-electron chi connectivity index (χ0n) is 15.9. The number of carbonyl (C=O) groups is 1. The summed E-state index contributed by atoms with van der Waals surface area (Å²) in [6, 6.07) is 13.8. The first kappa shape index (κ1) is 19.2. The number of aryl methyl sites for hydroxylation is 2. The summed E-state index contributed by atoms with van der Waals surface area (Å²) in [6.07, 6.45) is 4.32. The van der Waals surface area contributed by atoms with Crippen LogP contribution in [0.3, 0.4) is 0 Å². The van der Waals surface area contributed by atoms with E-state index in [-0.39, 0.29) is 6.79 Å². The Labute approximate surface area is 160 Å². The van der Waals surface area contributed by atoms with Crippen LogP contribution in [0.25, 0.3) is 0 Å². The van der Waals surface area contributed by atoms with Crippen LogP contribution in [0.4, 0.5) is 0 Å². The smallest absolute Gasteiger partial charge is 0.341 e. The highest BCUT2D eigenvalue weighted by Crippen LogP contribution is 2.29. The lowest BCUT2D eigenvalue weighted by molar-refractivity contribution is 0.0464. The van der Waals surface area contributed by atoms with Crippen LogP contribution in [0, 0.1) is 5.92 Å². The van der Waals surface area contributed by atoms with E-state index in [0.29, 0.717) is 11.3 Å². The van der Waals surface area contributed by atoms with Crippen LogP contribution >= 0.6 is 0 Å². The highest BCUT2D eigenvalue weighted by atomic mass is 16.7. The molecule has 2 aromatic rings. The molecule has 2 aromatic carbocycles. The van der Waals surface area contributed by atoms with Crippen molar-refractivity contribution in [1.82, 2.24) is 0 Å². The molecule has 1 aliphatic carbocycles. The van der Waals surface area contributed by atoms with Crippen LogP contribution in [0.5, 0.6) is 11.5 Å². The Kier molecular flexibility index (Phi) is 6.71. The maximum absolute atomic E-state index is 11.9. The van der Waals surface area contributed by atoms with E-state index in [1.165, 1.54) is 25.5 Å². The van der Waals surface area contributed by atoms with Crippen molar-refractivity contribution in [3.8, 4) is 11.5 Å². The predicted molar refractivity (Wildman–Crippen MR) is 102 cm³/mol. The van der Waals surface area contributed by atoms with E-state index in [1.54, 1.807) is 13.2 Å². The minimum Gasteiger partial charge on any atom is -0.493 e. The van der Waals surface area contributed by atoms with E-state index >= 15 is 0 Å². The average molecular weight is 370 g/mol. The number of carbonyl (C=O) groups excluding carboxylic acids is 1. The Morgan fingerprint density at radius 3 is 2.33 bits per heavy atom. The van der Waals surface area contributed by atoms with Gasteiger partial charge in [-0.1, -0.05) is 18.2 Å². The molecule has 1 saturated carbocycles. The van der Waals surface area contributed by atoms with Crippen molar-refractivity contribution in [3.05, 3.63) is 59.2 Å². The second-order valence-electron chi connectivity index (χ2n) is 6.77. The van der Waals surface area contributed by atoms with Gasteiger partial charge in [0.25, 0.3) is 0 Å². The van der Waals surface area contributed by atoms with Crippen molar-refractivity contribution >= 4 is 5.97 Å². The molecule has 1 aliphatic rings. The molecule has 5 nitrogen and oxygen atoms in total. The molecule has 0 atom stereocenters. The number of hydrogen-bond acceptors (Lipinski definition) is 5. The fourth-order valence-corrected chi connectivity index (χ4v) is 2.78. The molecule has 27 heavy (non-hydrogen) atoms. The van der Waals surface area contributed by atoms with E-state index in [9.17, 15) is 4.79 Å². The molecule has 1 fully saturated rings. The van der Waals surface area contributed by atoms with Gasteiger partial charge in [0.2, 0.25) is 0 Å². The van der Waals surface area contributed by atoms with Gasteiger partial charge in [0, 0.05) is 7.11 Å². The highest BCUT2D eigenvalue weighted by Gasteiger charge is 2.21. The van der Waals surface area contributed by atoms with Crippen LogP contribution in [-0.2, 0) is 22.3 Å². The van der Waals surface area contributed by atoms with Gasteiger partial charge < -0.3 is 18.9 Å². The lowest BCUT2D eigenvalue weighted by Crippen LogP contribution is -2.08. The topological polar surface area (TPSA) is 54.0 Å². The van der Waals surface area contributed by atoms with Gasteiger partial charge in [0.15, 0.2) is 6.79 Å². The number of esters is 1. The normalized spacial score (nSPS) is 13.3. The summed E-state index contributed by atoms with van der Waals surface area (Å²) in [4.78, 5) is 11.9. The Hall–Kier alpha value is -2.53. The van der Waals surface area contributed by atoms with E-state index in [2.05, 4.69) is 12.1 Å². The minimum absolute atomic E-state index is 0.0791. The van der Waals surface area contributed by atoms with Gasteiger partial charge in [-0.15, -0.1) is 0 Å². The molecule has 0 spiro atoms. The van der Waals surface area contributed by atoms with Crippen molar-refractivity contribution in [2.45, 2.75) is 25.7 Å². The average Bonchev–Trinajstić information content (AvgIpc) is 3.54. The molecule has 0 saturated heterocycles. The summed E-state index contributed by atoms with van der Waals surface area (Å²) in [6.45, 7) is 0.909. The third-order valence-corrected chi connectivity index (χ3v) is 4.59. The molecule has 3 rings (SSSR count). The third kappa shape index (κ3) is 5.73. The summed E-state index contributed by atoms with van der Waals surface area (Å²) in [5.41, 5.74) is 2.73. The fraction of sp³-hybridized carbons (Fsp3) is 0.409. The first-order valence-electron chi connectivity index (χ1n) is 9.24. The summed E-state index contributed by atoms with van der Waals surface area (Å²) in [5, 5.41) is 0. The molecule has 0 aromatic heterocycles. The molecule has 0 amide bonds. The fourth-order valence-electron chi connectivity index (χ4n) is 2.78. The van der Waals surface area contributed by atoms with Gasteiger partial charge in [-0.25, -0.2) is 4.79 Å². The quantitative estimate of drug-likeness (QED) is 0.467. The number of hydrogen-bond donors (Lipinski definition) is 0. The second kappa shape index (κ2) is 9.42. The van der Waals surface area contributed by atoms with Crippen LogP contribution < -0.4 is 9.47 Å². The Morgan fingerprint density at radius 1 is 0.963 bits per heavy atom. The number of rotatable bonds is 10. The molecule has 0 unspecified atom stereocenters. The van der Waals surface area contributed by atoms with Gasteiger partial charge in [-0.05, 0) is 67.0 Å². The Bertz CT molecular complexity index is 750. The standard InChI is InChI=1S/C22H26O5/c1-24-15-27-21-13-17(9-12-20(21)22(23)25-2)4-3-16-7-10-19(11-8-16)26-14-18-5-6-18/h7-13,18H,3-6,14-15H2,1-2H3. The number of benzene rings is 2. The summed E-state index contributed by atoms with van der Waals surface area (Å²) < 4.78 is 21.1. The van der Waals surface area contributed by atoms with Gasteiger partial charge in [0.1, 0.15) is 17.1 Å². The second-order valence-corrected chi connectivity index (χ2v) is 6.77. The molecule has 144 valence electrons. The van der Waals surface area contributed by atoms with Crippen LogP contribution in [0.1, 0.15) is 34.3 Å². The van der Waals surface area contributed by atoms with E-state index in [1.807, 2.05) is 24.3 Å². The van der Waals surface area contributed by atoms with Crippen LogP contribution in [0.2, 0.25) is 0 Å². The summed E-state index contributed by atoms with van der Waals surface area (Å²) in [7, 11) is 2.90. The van der Waals surface area contributed by atoms with Crippen molar-refractivity contribution < 1.29 is 23.7 Å². The maximum atomic E-state index is 11.9. The lowest BCUT2D eigenvalue weighted by atomic mass is 10.0. The molecule has 0 N–H and O–H groups in total. The van der Waals surface area contributed by atoms with Crippen molar-refractivity contribution in [3.63, 3.8) is 0 Å². The SMILES string of the molecule is COCOc1cc(CCc2ccc(OCC3CC3)cc2)ccc1C(=O)OC. The molecule has 0 bridgehead atoms. The lowest BCUT2D eigenvalue weighted by Gasteiger charge is -2.12. The molecule has 0 heterocycles. The van der Waals surface area contributed by atoms with Crippen molar-refractivity contribution in [2.24, 2.45) is 5.92 Å². The van der Waals surface area contributed by atoms with E-state index < -0.39 is 5.97 Å². The molecule has 5 heteroatoms. The zero-order valence-corrected chi connectivity index (χ0v) is 15.9. The third-order valence-electron chi connectivity index (χ3n) is 4.59. The Balaban J connectivity index is 1.59. The Morgan fingerprint density at radius 2 is 1.67 bits per heavy atom. The first-order valence-corrected chi connectivity index (χ1v) is 9.24. The number of ether oxygens (including phenoxy) is 4. The maximum Gasteiger partial charge on any atom is 0.341 e. The molecular weight excluding hydrogens is 344 g/mol. The molecule has 0 radical (unpaired) electrons. The van der Waals surface area contributed by atoms with Gasteiger partial charge in [-0.3, -0.25) is 0 Å². The zero-order chi connectivity index (χ0) is 19.1. The summed E-state index contributed by atoms with van der Waals surface area (Å²) in [5.74, 6) is 1.75. The predicted octanol–water partition coefficient (Wildman–Crippen LogP) is 4.03. The van der Waals surface area contributed by atoms with Gasteiger partial charge in [-0.2, -0.15) is 0 Å². The van der Waals surface area contributed by atoms with Gasteiger partial charge in [0.05, 0.1) is 13.7 Å². The molecule has 0 aliphatic heterocycles. The van der Waals surface area contributed by atoms with Crippen molar-refractivity contribution in [2.75, 3.05) is 27.6 Å². The van der Waals surface area contributed by atoms with E-state index in [4.69, 9.17) is 18.9 Å². The largest absolute Gasteiger partial charge is 0.493 e. The minimum atomic E-state index is -0.422. The monoisotopic (exact) mass is 370 g/mol. The number of methoxy groups -OCH3 is 2.